The van der Waals surface area contributed by atoms with E-state index in [1.54, 1.807) is 4.68 Å². The van der Waals surface area contributed by atoms with Crippen LogP contribution in [0.5, 0.6) is 5.75 Å². The molecule has 1 unspecified atom stereocenters. The maximum absolute atomic E-state index is 10.2. The maximum Gasteiger partial charge on any atom is 0.119 e. The number of aromatic nitrogens is 3. The van der Waals surface area contributed by atoms with Crippen LogP contribution in [0.25, 0.3) is 11.0 Å². The summed E-state index contributed by atoms with van der Waals surface area (Å²) in [6.07, 6.45) is -0.648. The highest BCUT2D eigenvalue weighted by atomic mass is 16.5. The normalized spacial score (nSPS) is 12.7. The van der Waals surface area contributed by atoms with E-state index in [0.717, 1.165) is 16.8 Å². The summed E-state index contributed by atoms with van der Waals surface area (Å²) in [7, 11) is 0. The fraction of sp³-hybridized carbons (Fsp3) is 0.333. The number of aliphatic hydroxyl groups excluding tert-OH is 1. The number of nitrogens with zero attached hydrogens (tertiary/aromatic N) is 3. The lowest BCUT2D eigenvalue weighted by Gasteiger charge is -2.13. The van der Waals surface area contributed by atoms with Gasteiger partial charge < -0.3 is 9.84 Å². The SMILES string of the molecule is CC(C)c1ccc(OCC(O)Cn2nnc3ccccc32)cc1. The van der Waals surface area contributed by atoms with Crippen LogP contribution in [0, 0.1) is 0 Å². The summed E-state index contributed by atoms with van der Waals surface area (Å²) in [5, 5.41) is 18.3. The van der Waals surface area contributed by atoms with Gasteiger partial charge in [0.1, 0.15) is 24.0 Å². The molecule has 5 nitrogen and oxygen atoms in total. The Hall–Kier alpha value is -2.40. The van der Waals surface area contributed by atoms with Gasteiger partial charge in [-0.3, -0.25) is 0 Å². The summed E-state index contributed by atoms with van der Waals surface area (Å²) in [5.74, 6) is 1.26. The first-order valence-electron chi connectivity index (χ1n) is 7.82. The summed E-state index contributed by atoms with van der Waals surface area (Å²) in [6.45, 7) is 4.88. The van der Waals surface area contributed by atoms with Gasteiger partial charge in [0.15, 0.2) is 0 Å². The van der Waals surface area contributed by atoms with E-state index in [4.69, 9.17) is 4.74 Å². The smallest absolute Gasteiger partial charge is 0.119 e. The van der Waals surface area contributed by atoms with Gasteiger partial charge in [0, 0.05) is 0 Å². The monoisotopic (exact) mass is 311 g/mol. The minimum Gasteiger partial charge on any atom is -0.491 e. The van der Waals surface area contributed by atoms with Gasteiger partial charge >= 0.3 is 0 Å². The molecular weight excluding hydrogens is 290 g/mol. The van der Waals surface area contributed by atoms with Crippen LogP contribution in [0.3, 0.4) is 0 Å². The zero-order valence-corrected chi connectivity index (χ0v) is 13.4. The summed E-state index contributed by atoms with van der Waals surface area (Å²) >= 11 is 0. The number of aliphatic hydroxyl groups is 1. The van der Waals surface area contributed by atoms with Crippen molar-refractivity contribution in [3.8, 4) is 5.75 Å². The van der Waals surface area contributed by atoms with Crippen molar-refractivity contribution in [3.63, 3.8) is 0 Å². The molecule has 0 bridgehead atoms. The zero-order chi connectivity index (χ0) is 16.2. The lowest BCUT2D eigenvalue weighted by molar-refractivity contribution is 0.0899. The van der Waals surface area contributed by atoms with Crippen molar-refractivity contribution in [1.82, 2.24) is 15.0 Å². The number of benzene rings is 2. The molecule has 0 spiro atoms. The van der Waals surface area contributed by atoms with Crippen LogP contribution in [0.1, 0.15) is 25.3 Å². The van der Waals surface area contributed by atoms with Crippen molar-refractivity contribution < 1.29 is 9.84 Å². The first-order chi connectivity index (χ1) is 11.1. The van der Waals surface area contributed by atoms with Crippen LogP contribution in [0.4, 0.5) is 0 Å². The molecule has 5 heteroatoms. The minimum absolute atomic E-state index is 0.217. The van der Waals surface area contributed by atoms with E-state index < -0.39 is 6.10 Å². The quantitative estimate of drug-likeness (QED) is 0.760. The molecular formula is C18H21N3O2. The first-order valence-corrected chi connectivity index (χ1v) is 7.82. The summed E-state index contributed by atoms with van der Waals surface area (Å²) in [4.78, 5) is 0. The Balaban J connectivity index is 1.58. The van der Waals surface area contributed by atoms with E-state index in [2.05, 4.69) is 36.3 Å². The second-order valence-electron chi connectivity index (χ2n) is 5.95. The molecule has 0 saturated carbocycles. The number of fused-ring (bicyclic) bond motifs is 1. The van der Waals surface area contributed by atoms with Gasteiger partial charge in [0.05, 0.1) is 12.1 Å². The molecule has 0 fully saturated rings. The zero-order valence-electron chi connectivity index (χ0n) is 13.4. The fourth-order valence-electron chi connectivity index (χ4n) is 2.45. The molecule has 0 radical (unpaired) electrons. The molecule has 0 aliphatic carbocycles. The molecule has 1 heterocycles. The fourth-order valence-corrected chi connectivity index (χ4v) is 2.45. The third-order valence-electron chi connectivity index (χ3n) is 3.79. The molecule has 1 atom stereocenters. The molecule has 0 amide bonds. The number of rotatable bonds is 6. The third-order valence-corrected chi connectivity index (χ3v) is 3.79. The van der Waals surface area contributed by atoms with Gasteiger partial charge in [-0.2, -0.15) is 0 Å². The van der Waals surface area contributed by atoms with Crippen LogP contribution in [-0.4, -0.2) is 32.8 Å². The lowest BCUT2D eigenvalue weighted by Crippen LogP contribution is -2.24. The molecule has 23 heavy (non-hydrogen) atoms. The highest BCUT2D eigenvalue weighted by Crippen LogP contribution is 2.19. The first kappa shape index (κ1) is 15.5. The van der Waals surface area contributed by atoms with Crippen molar-refractivity contribution in [3.05, 3.63) is 54.1 Å². The molecule has 120 valence electrons. The van der Waals surface area contributed by atoms with Gasteiger partial charge in [-0.05, 0) is 35.7 Å². The Bertz CT molecular complexity index is 765. The largest absolute Gasteiger partial charge is 0.491 e. The molecule has 0 saturated heterocycles. The third kappa shape index (κ3) is 3.68. The van der Waals surface area contributed by atoms with Crippen LogP contribution in [0.15, 0.2) is 48.5 Å². The molecule has 0 aliphatic rings. The van der Waals surface area contributed by atoms with E-state index in [1.807, 2.05) is 36.4 Å². The average Bonchev–Trinajstić information content (AvgIpc) is 2.96. The van der Waals surface area contributed by atoms with Crippen molar-refractivity contribution in [2.75, 3.05) is 6.61 Å². The van der Waals surface area contributed by atoms with Crippen LogP contribution < -0.4 is 4.74 Å². The standard InChI is InChI=1S/C18H21N3O2/c1-13(2)14-7-9-16(10-8-14)23-12-15(22)11-21-18-6-4-3-5-17(18)19-20-21/h3-10,13,15,22H,11-12H2,1-2H3. The Morgan fingerprint density at radius 3 is 2.57 bits per heavy atom. The van der Waals surface area contributed by atoms with E-state index in [-0.39, 0.29) is 6.61 Å². The van der Waals surface area contributed by atoms with Crippen LogP contribution in [0.2, 0.25) is 0 Å². The second-order valence-corrected chi connectivity index (χ2v) is 5.95. The predicted octanol–water partition coefficient (Wildman–Crippen LogP) is 2.99. The Morgan fingerprint density at radius 2 is 1.83 bits per heavy atom. The Morgan fingerprint density at radius 1 is 1.09 bits per heavy atom. The van der Waals surface area contributed by atoms with Crippen LogP contribution in [-0.2, 0) is 6.54 Å². The van der Waals surface area contributed by atoms with Gasteiger partial charge in [-0.15, -0.1) is 5.10 Å². The number of hydrogen-bond donors (Lipinski definition) is 1. The summed E-state index contributed by atoms with van der Waals surface area (Å²) in [5.41, 5.74) is 3.00. The van der Waals surface area contributed by atoms with E-state index in [9.17, 15) is 5.11 Å². The Kier molecular flexibility index (Phi) is 4.57. The molecule has 2 aromatic carbocycles. The van der Waals surface area contributed by atoms with E-state index in [0.29, 0.717) is 12.5 Å². The van der Waals surface area contributed by atoms with Gasteiger partial charge in [0.2, 0.25) is 0 Å². The second kappa shape index (κ2) is 6.79. The Labute approximate surface area is 135 Å². The van der Waals surface area contributed by atoms with Gasteiger partial charge in [-0.25, -0.2) is 4.68 Å². The lowest BCUT2D eigenvalue weighted by atomic mass is 10.0. The van der Waals surface area contributed by atoms with E-state index >= 15 is 0 Å². The molecule has 3 rings (SSSR count). The topological polar surface area (TPSA) is 60.2 Å². The van der Waals surface area contributed by atoms with Gasteiger partial charge in [-0.1, -0.05) is 43.3 Å². The number of para-hydroxylation sites is 1. The molecule has 1 N–H and O–H groups in total. The van der Waals surface area contributed by atoms with Crippen LogP contribution >= 0.6 is 0 Å². The summed E-state index contributed by atoms with van der Waals surface area (Å²) < 4.78 is 7.35. The molecule has 0 aliphatic heterocycles. The molecule has 1 aromatic heterocycles. The van der Waals surface area contributed by atoms with Crippen molar-refractivity contribution in [1.29, 1.82) is 0 Å². The molecule has 3 aromatic rings. The van der Waals surface area contributed by atoms with Gasteiger partial charge in [0.25, 0.3) is 0 Å². The van der Waals surface area contributed by atoms with Crippen molar-refractivity contribution in [2.45, 2.75) is 32.4 Å². The van der Waals surface area contributed by atoms with Crippen molar-refractivity contribution in [2.24, 2.45) is 0 Å². The van der Waals surface area contributed by atoms with E-state index in [1.165, 1.54) is 5.56 Å². The van der Waals surface area contributed by atoms with Crippen molar-refractivity contribution >= 4 is 11.0 Å². The highest BCUT2D eigenvalue weighted by molar-refractivity contribution is 5.73. The average molecular weight is 311 g/mol. The maximum atomic E-state index is 10.2. The minimum atomic E-state index is -0.648. The predicted molar refractivity (Wildman–Crippen MR) is 89.6 cm³/mol. The highest BCUT2D eigenvalue weighted by Gasteiger charge is 2.10. The number of hydrogen-bond acceptors (Lipinski definition) is 4. The number of ether oxygens (including phenoxy) is 1. The summed E-state index contributed by atoms with van der Waals surface area (Å²) in [6, 6.07) is 15.7.